The highest BCUT2D eigenvalue weighted by Gasteiger charge is 2.70. The van der Waals surface area contributed by atoms with Gasteiger partial charge in [0, 0.05) is 5.92 Å². The van der Waals surface area contributed by atoms with Gasteiger partial charge in [-0.3, -0.25) is 19.7 Å². The minimum atomic E-state index is -0.711. The van der Waals surface area contributed by atoms with Crippen LogP contribution in [0.15, 0.2) is 33.3 Å². The normalized spacial score (nSPS) is 41.8. The van der Waals surface area contributed by atoms with Crippen molar-refractivity contribution in [3.05, 3.63) is 39.7 Å². The van der Waals surface area contributed by atoms with Crippen molar-refractivity contribution in [3.63, 3.8) is 0 Å². The van der Waals surface area contributed by atoms with E-state index in [0.717, 1.165) is 56.4 Å². The van der Waals surface area contributed by atoms with Crippen molar-refractivity contribution >= 4 is 29.9 Å². The zero-order valence-electron chi connectivity index (χ0n) is 30.5. The second kappa shape index (κ2) is 12.0. The maximum Gasteiger partial charge on any atom is 0.433 e. The first-order chi connectivity index (χ1) is 23.2. The second-order valence-electron chi connectivity index (χ2n) is 17.8. The average Bonchev–Trinajstić information content (AvgIpc) is 3.69. The number of aliphatic carboxylic acids is 1. The Bertz CT molecular complexity index is 1650. The molecule has 12 heteroatoms. The fourth-order valence-electron chi connectivity index (χ4n) is 11.5. The fourth-order valence-corrected chi connectivity index (χ4v) is 11.5. The summed E-state index contributed by atoms with van der Waals surface area (Å²) < 4.78 is 9.44. The minimum absolute atomic E-state index is 0.0296. The molecule has 2 N–H and O–H groups in total. The van der Waals surface area contributed by atoms with E-state index in [1.165, 1.54) is 23.9 Å². The Morgan fingerprint density at radius 2 is 1.72 bits per heavy atom. The molecular formula is C38H53N3O9. The van der Waals surface area contributed by atoms with Crippen molar-refractivity contribution in [3.8, 4) is 0 Å². The van der Waals surface area contributed by atoms with Crippen LogP contribution in [0.25, 0.3) is 0 Å². The largest absolute Gasteiger partial charge is 0.481 e. The zero-order valence-corrected chi connectivity index (χ0v) is 30.5. The van der Waals surface area contributed by atoms with Gasteiger partial charge in [0.2, 0.25) is 0 Å². The number of ketones is 1. The summed E-state index contributed by atoms with van der Waals surface area (Å²) in [6.45, 7) is 16.5. The van der Waals surface area contributed by atoms with Crippen LogP contribution in [-0.2, 0) is 14.3 Å². The van der Waals surface area contributed by atoms with Crippen LogP contribution in [0.4, 0.5) is 10.7 Å². The molecule has 0 aromatic carbocycles. The number of carboxylic acids is 1. The number of ether oxygens (including phenoxy) is 1. The van der Waals surface area contributed by atoms with Crippen LogP contribution in [-0.4, -0.2) is 63.5 Å². The summed E-state index contributed by atoms with van der Waals surface area (Å²) >= 11 is 0. The number of cyclic esters (lactones) is 1. The van der Waals surface area contributed by atoms with Crippen molar-refractivity contribution in [1.29, 1.82) is 0 Å². The van der Waals surface area contributed by atoms with Crippen LogP contribution in [0.1, 0.15) is 112 Å². The molecule has 1 aromatic heterocycles. The Morgan fingerprint density at radius 3 is 2.34 bits per heavy atom. The first-order valence-corrected chi connectivity index (χ1v) is 18.1. The molecule has 1 amide bonds. The van der Waals surface area contributed by atoms with E-state index in [0.29, 0.717) is 18.9 Å². The fraction of sp³-hybridized carbons (Fsp3) is 0.737. The lowest BCUT2D eigenvalue weighted by atomic mass is 9.33. The SMILES string of the molecule is CC1(C(=O)O)CCC2(C)CCC3(C)C(=CC(=O)C4C5(C)CCC(O)C(C)(C)C5CCC43C)C2C1.O=C1OCCN1N=Cc1ccc([N+](=O)[O-])o1. The number of fused-ring (bicyclic) bond motifs is 7. The van der Waals surface area contributed by atoms with Crippen LogP contribution in [0.2, 0.25) is 0 Å². The number of carboxylic acid groups (broad SMARTS) is 1. The van der Waals surface area contributed by atoms with Crippen LogP contribution >= 0.6 is 0 Å². The smallest absolute Gasteiger partial charge is 0.433 e. The number of hydrogen-bond donors (Lipinski definition) is 2. The molecule has 50 heavy (non-hydrogen) atoms. The van der Waals surface area contributed by atoms with E-state index < -0.39 is 22.4 Å². The first kappa shape index (κ1) is 36.3. The molecule has 9 atom stereocenters. The van der Waals surface area contributed by atoms with Crippen molar-refractivity contribution < 1.29 is 38.7 Å². The van der Waals surface area contributed by atoms with Gasteiger partial charge in [-0.25, -0.2) is 4.79 Å². The van der Waals surface area contributed by atoms with E-state index in [1.54, 1.807) is 0 Å². The number of rotatable bonds is 4. The van der Waals surface area contributed by atoms with Gasteiger partial charge in [0.25, 0.3) is 0 Å². The lowest BCUT2D eigenvalue weighted by Gasteiger charge is -2.70. The van der Waals surface area contributed by atoms with Gasteiger partial charge >= 0.3 is 17.9 Å². The molecule has 12 nitrogen and oxygen atoms in total. The molecule has 274 valence electrons. The lowest BCUT2D eigenvalue weighted by Crippen LogP contribution is -2.66. The molecule has 4 saturated carbocycles. The number of carbonyl (C=O) groups is 3. The summed E-state index contributed by atoms with van der Waals surface area (Å²) in [5, 5.41) is 36.1. The average molecular weight is 696 g/mol. The van der Waals surface area contributed by atoms with Gasteiger partial charge in [0.1, 0.15) is 11.5 Å². The topological polar surface area (TPSA) is 173 Å². The first-order valence-electron chi connectivity index (χ1n) is 18.1. The summed E-state index contributed by atoms with van der Waals surface area (Å²) in [5.74, 6) is -0.109. The van der Waals surface area contributed by atoms with E-state index in [-0.39, 0.29) is 69.0 Å². The van der Waals surface area contributed by atoms with Crippen LogP contribution in [0, 0.1) is 60.4 Å². The number of amides is 1. The van der Waals surface area contributed by atoms with Crippen LogP contribution < -0.4 is 0 Å². The number of allylic oxidation sites excluding steroid dienone is 2. The summed E-state index contributed by atoms with van der Waals surface area (Å²) in [5.41, 5.74) is 0.142. The van der Waals surface area contributed by atoms with Crippen molar-refractivity contribution in [2.75, 3.05) is 13.2 Å². The van der Waals surface area contributed by atoms with Gasteiger partial charge in [0.15, 0.2) is 11.5 Å². The highest BCUT2D eigenvalue weighted by Crippen LogP contribution is 2.75. The molecule has 6 aliphatic rings. The van der Waals surface area contributed by atoms with Crippen LogP contribution in [0.5, 0.6) is 0 Å². The number of furan rings is 1. The predicted octanol–water partition coefficient (Wildman–Crippen LogP) is 7.39. The summed E-state index contributed by atoms with van der Waals surface area (Å²) in [4.78, 5) is 47.1. The van der Waals surface area contributed by atoms with E-state index in [4.69, 9.17) is 4.42 Å². The zero-order chi connectivity index (χ0) is 36.7. The standard InChI is InChI=1S/C30H46O4.C8H7N3O5/c1-25(2)21-8-11-30(7)23(28(21,5)10-9-22(25)32)20(31)16-18-19-17-27(4,24(33)34)13-12-26(19,3)14-15-29(18,30)6;12-8-10(3-4-15-8)9-5-6-1-2-7(16-6)11(13)14/h16,19,21-23,32H,8-15,17H2,1-7H3,(H,33,34);1-2,5H,3-4H2. The molecule has 0 radical (unpaired) electrons. The van der Waals surface area contributed by atoms with Gasteiger partial charge in [0.05, 0.1) is 30.3 Å². The second-order valence-corrected chi connectivity index (χ2v) is 17.8. The molecule has 5 fully saturated rings. The Morgan fingerprint density at radius 1 is 1.02 bits per heavy atom. The molecule has 0 spiro atoms. The Labute approximate surface area is 293 Å². The van der Waals surface area contributed by atoms with Crippen molar-refractivity contribution in [2.45, 2.75) is 112 Å². The number of carbonyl (C=O) groups excluding carboxylic acids is 2. The lowest BCUT2D eigenvalue weighted by molar-refractivity contribution is -0.402. The predicted molar refractivity (Wildman–Crippen MR) is 184 cm³/mol. The van der Waals surface area contributed by atoms with Gasteiger partial charge < -0.3 is 19.4 Å². The molecule has 5 aliphatic carbocycles. The Hall–Kier alpha value is -3.54. The molecule has 1 aromatic rings. The number of nitro groups is 1. The van der Waals surface area contributed by atoms with E-state index >= 15 is 0 Å². The minimum Gasteiger partial charge on any atom is -0.481 e. The van der Waals surface area contributed by atoms with E-state index in [9.17, 15) is 34.7 Å². The number of aliphatic hydroxyl groups is 1. The number of nitrogens with zero attached hydrogens (tertiary/aromatic N) is 3. The maximum atomic E-state index is 14.2. The molecule has 9 unspecified atom stereocenters. The van der Waals surface area contributed by atoms with Crippen molar-refractivity contribution in [1.82, 2.24) is 5.01 Å². The third-order valence-corrected chi connectivity index (χ3v) is 14.9. The number of aliphatic hydroxyl groups excluding tert-OH is 1. The highest BCUT2D eigenvalue weighted by molar-refractivity contribution is 5.95. The molecular weight excluding hydrogens is 642 g/mol. The summed E-state index contributed by atoms with van der Waals surface area (Å²) in [7, 11) is 0. The van der Waals surface area contributed by atoms with Gasteiger partial charge in [-0.1, -0.05) is 47.1 Å². The van der Waals surface area contributed by atoms with E-state index in [2.05, 4.69) is 51.4 Å². The quantitative estimate of drug-likeness (QED) is 0.185. The third kappa shape index (κ3) is 5.42. The monoisotopic (exact) mass is 695 g/mol. The number of hydrogen-bond acceptors (Lipinski definition) is 9. The Kier molecular flexibility index (Phi) is 8.72. The molecule has 7 rings (SSSR count). The Balaban J connectivity index is 0.000000226. The molecule has 2 heterocycles. The van der Waals surface area contributed by atoms with E-state index in [1.807, 2.05) is 13.0 Å². The van der Waals surface area contributed by atoms with Gasteiger partial charge in [-0.2, -0.15) is 10.1 Å². The van der Waals surface area contributed by atoms with Crippen LogP contribution in [0.3, 0.4) is 0 Å². The maximum absolute atomic E-state index is 14.2. The number of hydrazone groups is 1. The molecule has 1 saturated heterocycles. The molecule has 1 aliphatic heterocycles. The summed E-state index contributed by atoms with van der Waals surface area (Å²) in [6, 6.07) is 2.60. The van der Waals surface area contributed by atoms with Crippen molar-refractivity contribution in [2.24, 2.45) is 55.3 Å². The highest BCUT2D eigenvalue weighted by atomic mass is 16.6. The summed E-state index contributed by atoms with van der Waals surface area (Å²) in [6.07, 6.45) is 10.6. The van der Waals surface area contributed by atoms with Gasteiger partial charge in [-0.05, 0) is 116 Å². The molecule has 0 bridgehead atoms. The third-order valence-electron chi connectivity index (χ3n) is 14.9. The van der Waals surface area contributed by atoms with Gasteiger partial charge in [-0.15, -0.1) is 0 Å².